The van der Waals surface area contributed by atoms with Crippen molar-refractivity contribution in [3.05, 3.63) is 29.8 Å². The average molecular weight is 276 g/mol. The van der Waals surface area contributed by atoms with Crippen molar-refractivity contribution in [2.75, 3.05) is 18.1 Å². The van der Waals surface area contributed by atoms with E-state index >= 15 is 0 Å². The zero-order chi connectivity index (χ0) is 14.3. The Morgan fingerprint density at radius 2 is 2.05 bits per heavy atom. The van der Waals surface area contributed by atoms with Crippen molar-refractivity contribution in [2.24, 2.45) is 11.7 Å². The number of hydrogen-bond donors (Lipinski definition) is 2. The van der Waals surface area contributed by atoms with Crippen LogP contribution in [0.4, 0.5) is 5.69 Å². The molecule has 3 N–H and O–H groups in total. The van der Waals surface area contributed by atoms with Crippen LogP contribution in [0.5, 0.6) is 0 Å². The largest absolute Gasteiger partial charge is 0.480 e. The fourth-order valence-electron chi connectivity index (χ4n) is 2.86. The van der Waals surface area contributed by atoms with Gasteiger partial charge in [0.25, 0.3) is 0 Å². The third kappa shape index (κ3) is 1.97. The number of nitrogens with zero attached hydrogens (tertiary/aromatic N) is 1. The first-order chi connectivity index (χ1) is 9.59. The molecule has 1 saturated heterocycles. The second-order valence-corrected chi connectivity index (χ2v) is 5.20. The molecule has 2 heterocycles. The number of carbonyl (C=O) groups excluding carboxylic acids is 1. The van der Waals surface area contributed by atoms with Crippen molar-refractivity contribution in [1.82, 2.24) is 0 Å². The van der Waals surface area contributed by atoms with Gasteiger partial charge < -0.3 is 15.6 Å². The molecule has 106 valence electrons. The van der Waals surface area contributed by atoms with Gasteiger partial charge in [0.15, 0.2) is 0 Å². The Morgan fingerprint density at radius 1 is 1.30 bits per heavy atom. The minimum Gasteiger partial charge on any atom is -0.480 e. The highest BCUT2D eigenvalue weighted by Crippen LogP contribution is 2.34. The average Bonchev–Trinajstić information content (AvgIpc) is 3.01. The van der Waals surface area contributed by atoms with E-state index in [0.29, 0.717) is 18.7 Å². The van der Waals surface area contributed by atoms with Gasteiger partial charge in [0, 0.05) is 18.2 Å². The third-order valence-corrected chi connectivity index (χ3v) is 3.94. The second kappa shape index (κ2) is 4.88. The predicted molar refractivity (Wildman–Crippen MR) is 71.3 cm³/mol. The van der Waals surface area contributed by atoms with Crippen LogP contribution in [0.25, 0.3) is 0 Å². The minimum absolute atomic E-state index is 0.255. The highest BCUT2D eigenvalue weighted by Gasteiger charge is 2.43. The van der Waals surface area contributed by atoms with E-state index in [1.807, 2.05) is 12.1 Å². The van der Waals surface area contributed by atoms with E-state index in [-0.39, 0.29) is 18.6 Å². The number of aliphatic carboxylic acids is 1. The number of anilines is 1. The number of nitrogens with two attached hydrogens (primary N) is 1. The molecule has 0 aliphatic carbocycles. The Morgan fingerprint density at radius 3 is 2.70 bits per heavy atom. The summed E-state index contributed by atoms with van der Waals surface area (Å²) in [7, 11) is 0. The Bertz CT molecular complexity index is 560. The number of hydrogen-bond acceptors (Lipinski definition) is 4. The van der Waals surface area contributed by atoms with Crippen LogP contribution in [-0.4, -0.2) is 42.3 Å². The van der Waals surface area contributed by atoms with Gasteiger partial charge in [-0.15, -0.1) is 0 Å². The predicted octanol–water partition coefficient (Wildman–Crippen LogP) is 0.00260. The summed E-state index contributed by atoms with van der Waals surface area (Å²) in [5.41, 5.74) is 7.42. The van der Waals surface area contributed by atoms with E-state index in [1.54, 1.807) is 12.1 Å². The normalized spacial score (nSPS) is 28.4. The molecule has 0 aromatic heterocycles. The quantitative estimate of drug-likeness (QED) is 0.793. The number of carboxylic acid groups (broad SMARTS) is 1. The molecule has 20 heavy (non-hydrogen) atoms. The first-order valence-electron chi connectivity index (χ1n) is 6.56. The van der Waals surface area contributed by atoms with Crippen molar-refractivity contribution in [3.8, 4) is 0 Å². The van der Waals surface area contributed by atoms with Crippen LogP contribution in [-0.2, 0) is 20.7 Å². The Balaban J connectivity index is 1.96. The summed E-state index contributed by atoms with van der Waals surface area (Å²) in [5.74, 6) is -1.72. The van der Waals surface area contributed by atoms with Crippen LogP contribution in [0.15, 0.2) is 24.3 Å². The van der Waals surface area contributed by atoms with Crippen LogP contribution in [0, 0.1) is 5.92 Å². The summed E-state index contributed by atoms with van der Waals surface area (Å²) >= 11 is 0. The number of fused-ring (bicyclic) bond motifs is 1. The zero-order valence-corrected chi connectivity index (χ0v) is 10.9. The molecular weight excluding hydrogens is 260 g/mol. The van der Waals surface area contributed by atoms with Crippen molar-refractivity contribution in [1.29, 1.82) is 0 Å². The Kier molecular flexibility index (Phi) is 3.19. The van der Waals surface area contributed by atoms with Gasteiger partial charge in [0.1, 0.15) is 6.04 Å². The highest BCUT2D eigenvalue weighted by atomic mass is 16.5. The molecular formula is C14H16N2O4. The smallest absolute Gasteiger partial charge is 0.327 e. The minimum atomic E-state index is -0.998. The van der Waals surface area contributed by atoms with Crippen molar-refractivity contribution >= 4 is 17.6 Å². The molecule has 1 amide bonds. The van der Waals surface area contributed by atoms with Crippen LogP contribution in [0.1, 0.15) is 5.56 Å². The monoisotopic (exact) mass is 276 g/mol. The van der Waals surface area contributed by atoms with E-state index in [2.05, 4.69) is 0 Å². The lowest BCUT2D eigenvalue weighted by molar-refractivity contribution is -0.140. The van der Waals surface area contributed by atoms with Crippen molar-refractivity contribution < 1.29 is 19.4 Å². The van der Waals surface area contributed by atoms with Crippen LogP contribution < -0.4 is 10.6 Å². The van der Waals surface area contributed by atoms with Crippen molar-refractivity contribution in [3.63, 3.8) is 0 Å². The number of carbonyl (C=O) groups is 2. The van der Waals surface area contributed by atoms with Gasteiger partial charge in [-0.25, -0.2) is 4.79 Å². The summed E-state index contributed by atoms with van der Waals surface area (Å²) < 4.78 is 5.21. The molecule has 0 saturated carbocycles. The van der Waals surface area contributed by atoms with E-state index in [4.69, 9.17) is 10.5 Å². The molecule has 2 aliphatic rings. The lowest BCUT2D eigenvalue weighted by Crippen LogP contribution is -2.49. The number of para-hydroxylation sites is 1. The molecule has 3 atom stereocenters. The van der Waals surface area contributed by atoms with E-state index in [9.17, 15) is 14.7 Å². The maximum absolute atomic E-state index is 12.6. The molecule has 0 spiro atoms. The molecule has 6 heteroatoms. The summed E-state index contributed by atoms with van der Waals surface area (Å²) in [6.45, 7) is 0.592. The number of benzene rings is 1. The number of ether oxygens (including phenoxy) is 1. The van der Waals surface area contributed by atoms with Crippen LogP contribution in [0.2, 0.25) is 0 Å². The van der Waals surface area contributed by atoms with Crippen LogP contribution in [0.3, 0.4) is 0 Å². The molecule has 2 unspecified atom stereocenters. The number of carboxylic acids is 1. The van der Waals surface area contributed by atoms with Gasteiger partial charge in [-0.3, -0.25) is 9.69 Å². The molecule has 0 radical (unpaired) electrons. The van der Waals surface area contributed by atoms with Gasteiger partial charge in [-0.2, -0.15) is 0 Å². The number of rotatable bonds is 2. The number of amides is 1. The first-order valence-corrected chi connectivity index (χ1v) is 6.56. The Hall–Kier alpha value is -1.92. The Labute approximate surface area is 116 Å². The SMILES string of the molecule is NC1COCC1C(=O)N1c2ccccc2C[C@H]1C(=O)O. The molecule has 2 aliphatic heterocycles. The zero-order valence-electron chi connectivity index (χ0n) is 10.9. The highest BCUT2D eigenvalue weighted by molar-refractivity contribution is 6.03. The lowest BCUT2D eigenvalue weighted by atomic mass is 10.0. The fraction of sp³-hybridized carbons (Fsp3) is 0.429. The summed E-state index contributed by atoms with van der Waals surface area (Å²) in [4.78, 5) is 25.4. The third-order valence-electron chi connectivity index (χ3n) is 3.94. The van der Waals surface area contributed by atoms with Gasteiger partial charge in [0.05, 0.1) is 19.1 Å². The maximum Gasteiger partial charge on any atom is 0.327 e. The first kappa shape index (κ1) is 13.1. The van der Waals surface area contributed by atoms with E-state index < -0.39 is 17.9 Å². The summed E-state index contributed by atoms with van der Waals surface area (Å²) in [5, 5.41) is 9.36. The molecule has 3 rings (SSSR count). The van der Waals surface area contributed by atoms with Gasteiger partial charge in [0.2, 0.25) is 5.91 Å². The van der Waals surface area contributed by atoms with Gasteiger partial charge in [-0.1, -0.05) is 18.2 Å². The van der Waals surface area contributed by atoms with Gasteiger partial charge in [-0.05, 0) is 11.6 Å². The van der Waals surface area contributed by atoms with E-state index in [0.717, 1.165) is 5.56 Å². The van der Waals surface area contributed by atoms with Crippen molar-refractivity contribution in [2.45, 2.75) is 18.5 Å². The summed E-state index contributed by atoms with van der Waals surface area (Å²) in [6, 6.07) is 6.04. The van der Waals surface area contributed by atoms with E-state index in [1.165, 1.54) is 4.90 Å². The standard InChI is InChI=1S/C14H16N2O4/c15-10-7-20-6-9(10)13(17)16-11-4-2-1-3-8(11)5-12(16)14(18)19/h1-4,9-10,12H,5-7,15H2,(H,18,19)/t9?,10?,12-/m0/s1. The van der Waals surface area contributed by atoms with Gasteiger partial charge >= 0.3 is 5.97 Å². The van der Waals surface area contributed by atoms with Crippen LogP contribution >= 0.6 is 0 Å². The topological polar surface area (TPSA) is 92.9 Å². The molecule has 0 bridgehead atoms. The molecule has 1 fully saturated rings. The fourth-order valence-corrected chi connectivity index (χ4v) is 2.86. The molecule has 1 aromatic rings. The lowest BCUT2D eigenvalue weighted by Gasteiger charge is -2.26. The summed E-state index contributed by atoms with van der Waals surface area (Å²) in [6.07, 6.45) is 0.333. The second-order valence-electron chi connectivity index (χ2n) is 5.20. The maximum atomic E-state index is 12.6. The molecule has 1 aromatic carbocycles. The molecule has 6 nitrogen and oxygen atoms in total.